The second-order valence-electron chi connectivity index (χ2n) is 11.2. The maximum absolute atomic E-state index is 12.4. The van der Waals surface area contributed by atoms with Crippen molar-refractivity contribution in [1.82, 2.24) is 14.7 Å². The fourth-order valence-electron chi connectivity index (χ4n) is 5.00. The van der Waals surface area contributed by atoms with Crippen molar-refractivity contribution in [1.29, 1.82) is 0 Å². The minimum Gasteiger partial charge on any atom is -0.444 e. The largest absolute Gasteiger partial charge is 0.444 e. The molecule has 3 atom stereocenters. The zero-order chi connectivity index (χ0) is 26.6. The second-order valence-corrected chi connectivity index (χ2v) is 12.0. The molecule has 8 nitrogen and oxygen atoms in total. The first-order chi connectivity index (χ1) is 17.6. The topological polar surface area (TPSA) is 75.1 Å². The molecule has 206 valence electrons. The summed E-state index contributed by atoms with van der Waals surface area (Å²) < 4.78 is 26.7. The first kappa shape index (κ1) is 28.3. The van der Waals surface area contributed by atoms with Crippen molar-refractivity contribution in [3.63, 3.8) is 0 Å². The number of halogens is 1. The van der Waals surface area contributed by atoms with Gasteiger partial charge in [0.25, 0.3) is 0 Å². The number of ether oxygens (including phenoxy) is 4. The number of aryl methyl sites for hydroxylation is 1. The van der Waals surface area contributed by atoms with Crippen LogP contribution in [-0.4, -0.2) is 71.5 Å². The summed E-state index contributed by atoms with van der Waals surface area (Å²) in [4.78, 5) is 14.1. The molecule has 1 aromatic carbocycles. The van der Waals surface area contributed by atoms with Gasteiger partial charge in [0, 0.05) is 29.6 Å². The predicted octanol–water partition coefficient (Wildman–Crippen LogP) is 6.17. The minimum atomic E-state index is -0.505. The van der Waals surface area contributed by atoms with Gasteiger partial charge in [0.2, 0.25) is 0 Å². The molecule has 1 aromatic heterocycles. The molecule has 0 saturated carbocycles. The molecule has 37 heavy (non-hydrogen) atoms. The van der Waals surface area contributed by atoms with Crippen LogP contribution in [0.25, 0.3) is 10.9 Å². The van der Waals surface area contributed by atoms with Gasteiger partial charge in [-0.25, -0.2) is 9.48 Å². The lowest BCUT2D eigenvalue weighted by Gasteiger charge is -2.36. The molecule has 0 N–H and O–H groups in total. The molecule has 1 amide bonds. The number of morpholine rings is 1. The summed E-state index contributed by atoms with van der Waals surface area (Å²) in [7, 11) is 0. The van der Waals surface area contributed by atoms with E-state index in [2.05, 4.69) is 34.0 Å². The van der Waals surface area contributed by atoms with Gasteiger partial charge in [-0.1, -0.05) is 0 Å². The summed E-state index contributed by atoms with van der Waals surface area (Å²) in [6, 6.07) is 2.25. The number of aromatic nitrogens is 2. The summed E-state index contributed by atoms with van der Waals surface area (Å²) in [6.07, 6.45) is 7.72. The first-order valence-electron chi connectivity index (χ1n) is 13.6. The van der Waals surface area contributed by atoms with Gasteiger partial charge in [-0.3, -0.25) is 0 Å². The number of nitrogens with zero attached hydrogens (tertiary/aromatic N) is 3. The van der Waals surface area contributed by atoms with Crippen LogP contribution in [0.2, 0.25) is 0 Å². The number of rotatable bonds is 8. The van der Waals surface area contributed by atoms with Gasteiger partial charge in [-0.2, -0.15) is 5.10 Å². The number of carbonyl (C=O) groups excluding carboxylic acids is 1. The molecular weight excluding hydrogens is 538 g/mol. The molecule has 0 radical (unpaired) electrons. The maximum atomic E-state index is 12.4. The Balaban J connectivity index is 1.25. The van der Waals surface area contributed by atoms with Gasteiger partial charge in [0.15, 0.2) is 6.23 Å². The Morgan fingerprint density at radius 2 is 2.05 bits per heavy atom. The summed E-state index contributed by atoms with van der Waals surface area (Å²) in [5.41, 5.74) is 3.22. The zero-order valence-electron chi connectivity index (χ0n) is 22.9. The Bertz CT molecular complexity index is 1060. The predicted molar refractivity (Wildman–Crippen MR) is 147 cm³/mol. The highest BCUT2D eigenvalue weighted by Crippen LogP contribution is 2.34. The molecule has 2 saturated heterocycles. The summed E-state index contributed by atoms with van der Waals surface area (Å²) in [5.74, 6) is 0. The molecular formula is C28H42BrN3O5. The SMILES string of the molecule is Cc1cc2c(cnn2C2CCCCO2)c(Br)c1CCCCO[C@@H](C)[C@H]1CN(C(=O)OC(C)(C)C)CCO1. The quantitative estimate of drug-likeness (QED) is 0.348. The Morgan fingerprint density at radius 3 is 2.78 bits per heavy atom. The number of fused-ring (bicyclic) bond motifs is 1. The third kappa shape index (κ3) is 7.25. The van der Waals surface area contributed by atoms with Crippen molar-refractivity contribution in [2.45, 2.75) is 97.2 Å². The minimum absolute atomic E-state index is 0.0342. The Labute approximate surface area is 229 Å². The highest BCUT2D eigenvalue weighted by atomic mass is 79.9. The van der Waals surface area contributed by atoms with Crippen molar-refractivity contribution >= 4 is 32.9 Å². The molecule has 0 aliphatic carbocycles. The molecule has 0 bridgehead atoms. The van der Waals surface area contributed by atoms with Gasteiger partial charge >= 0.3 is 6.09 Å². The molecule has 2 aromatic rings. The van der Waals surface area contributed by atoms with E-state index >= 15 is 0 Å². The molecule has 3 heterocycles. The highest BCUT2D eigenvalue weighted by molar-refractivity contribution is 9.10. The van der Waals surface area contributed by atoms with E-state index in [0.29, 0.717) is 26.3 Å². The maximum Gasteiger partial charge on any atom is 0.410 e. The van der Waals surface area contributed by atoms with E-state index in [1.165, 1.54) is 17.5 Å². The lowest BCUT2D eigenvalue weighted by atomic mass is 10.0. The molecule has 0 spiro atoms. The first-order valence-corrected chi connectivity index (χ1v) is 14.4. The van der Waals surface area contributed by atoms with E-state index in [1.54, 1.807) is 4.90 Å². The lowest BCUT2D eigenvalue weighted by Crippen LogP contribution is -2.51. The van der Waals surface area contributed by atoms with E-state index in [9.17, 15) is 4.79 Å². The number of hydrogen-bond acceptors (Lipinski definition) is 6. The zero-order valence-corrected chi connectivity index (χ0v) is 24.5. The summed E-state index contributed by atoms with van der Waals surface area (Å²) in [5, 5.41) is 5.81. The Morgan fingerprint density at radius 1 is 1.24 bits per heavy atom. The van der Waals surface area contributed by atoms with Crippen LogP contribution in [0.5, 0.6) is 0 Å². The van der Waals surface area contributed by atoms with Crippen LogP contribution in [-0.2, 0) is 25.4 Å². The van der Waals surface area contributed by atoms with E-state index < -0.39 is 5.60 Å². The van der Waals surface area contributed by atoms with Crippen LogP contribution in [0.1, 0.15) is 77.2 Å². The fourth-order valence-corrected chi connectivity index (χ4v) is 5.81. The molecule has 1 unspecified atom stereocenters. The Kier molecular flexibility index (Phi) is 9.53. The second kappa shape index (κ2) is 12.5. The third-order valence-corrected chi connectivity index (χ3v) is 7.97. The van der Waals surface area contributed by atoms with E-state index in [1.807, 2.05) is 38.6 Å². The van der Waals surface area contributed by atoms with Crippen LogP contribution in [0.15, 0.2) is 16.7 Å². The lowest BCUT2D eigenvalue weighted by molar-refractivity contribution is -0.105. The normalized spacial score (nSPS) is 21.8. The molecule has 4 rings (SSSR count). The third-order valence-electron chi connectivity index (χ3n) is 7.06. The average Bonchev–Trinajstić information content (AvgIpc) is 3.29. The van der Waals surface area contributed by atoms with E-state index in [4.69, 9.17) is 18.9 Å². The van der Waals surface area contributed by atoms with E-state index in [-0.39, 0.29) is 24.5 Å². The summed E-state index contributed by atoms with van der Waals surface area (Å²) >= 11 is 3.87. The summed E-state index contributed by atoms with van der Waals surface area (Å²) in [6.45, 7) is 12.8. The number of unbranched alkanes of at least 4 members (excludes halogenated alkanes) is 1. The van der Waals surface area contributed by atoms with Crippen LogP contribution in [0, 0.1) is 6.92 Å². The smallest absolute Gasteiger partial charge is 0.410 e. The Hall–Kier alpha value is -1.68. The molecule has 2 aliphatic heterocycles. The number of hydrogen-bond donors (Lipinski definition) is 0. The standard InChI is InChI=1S/C28H42BrN3O5/c1-19-16-23-22(17-30-32(23)25-11-7-9-14-36-25)26(29)21(19)10-6-8-13-34-20(2)24-18-31(12-15-35-24)27(33)37-28(3,4)5/h16-17,20,24-25H,6-15,18H2,1-5H3/t20-,24+,25?/m0/s1. The highest BCUT2D eigenvalue weighted by Gasteiger charge is 2.31. The van der Waals surface area contributed by atoms with Crippen LogP contribution >= 0.6 is 15.9 Å². The average molecular weight is 581 g/mol. The van der Waals surface area contributed by atoms with Gasteiger partial charge in [0.05, 0.1) is 31.0 Å². The molecule has 9 heteroatoms. The van der Waals surface area contributed by atoms with Crippen molar-refractivity contribution < 1.29 is 23.7 Å². The van der Waals surface area contributed by atoms with Crippen molar-refractivity contribution in [3.8, 4) is 0 Å². The van der Waals surface area contributed by atoms with Gasteiger partial charge in [-0.15, -0.1) is 0 Å². The monoisotopic (exact) mass is 579 g/mol. The number of benzene rings is 1. The molecule has 2 aliphatic rings. The van der Waals surface area contributed by atoms with Gasteiger partial charge in [0.1, 0.15) is 11.7 Å². The van der Waals surface area contributed by atoms with Crippen LogP contribution in [0.3, 0.4) is 0 Å². The van der Waals surface area contributed by atoms with Gasteiger partial charge in [-0.05, 0) is 106 Å². The number of amides is 1. The van der Waals surface area contributed by atoms with Crippen LogP contribution < -0.4 is 0 Å². The van der Waals surface area contributed by atoms with Crippen LogP contribution in [0.4, 0.5) is 4.79 Å². The van der Waals surface area contributed by atoms with Crippen molar-refractivity contribution in [3.05, 3.63) is 27.9 Å². The number of carbonyl (C=O) groups is 1. The van der Waals surface area contributed by atoms with Crippen molar-refractivity contribution in [2.24, 2.45) is 0 Å². The van der Waals surface area contributed by atoms with E-state index in [0.717, 1.165) is 54.1 Å². The molecule has 2 fully saturated rings. The van der Waals surface area contributed by atoms with Gasteiger partial charge < -0.3 is 23.8 Å². The fraction of sp³-hybridized carbons (Fsp3) is 0.714. The van der Waals surface area contributed by atoms with Crippen molar-refractivity contribution in [2.75, 3.05) is 32.9 Å².